The fourth-order valence-corrected chi connectivity index (χ4v) is 1.96. The number of halogens is 3. The standard InChI is InChI=1S/C10H14F3N3O2S/c1-7(2)3-15(5-10(11,12)13)8(17)4-16-9(18)19-6-14-16/h6-7H,3-5H2,1-2H3. The Bertz CT molecular complexity index is 481. The molecule has 5 nitrogen and oxygen atoms in total. The van der Waals surface area contributed by atoms with E-state index >= 15 is 0 Å². The molecule has 0 bridgehead atoms. The minimum Gasteiger partial charge on any atom is -0.332 e. The van der Waals surface area contributed by atoms with Gasteiger partial charge in [0.1, 0.15) is 18.6 Å². The zero-order valence-corrected chi connectivity index (χ0v) is 11.3. The number of nitrogens with zero attached hydrogens (tertiary/aromatic N) is 3. The normalized spacial score (nSPS) is 11.9. The largest absolute Gasteiger partial charge is 0.406 e. The van der Waals surface area contributed by atoms with Crippen molar-refractivity contribution in [3.63, 3.8) is 0 Å². The molecule has 0 aromatic carbocycles. The van der Waals surface area contributed by atoms with Crippen LogP contribution in [-0.4, -0.2) is 39.9 Å². The van der Waals surface area contributed by atoms with Crippen molar-refractivity contribution in [2.45, 2.75) is 26.6 Å². The Kier molecular flexibility index (Phi) is 5.10. The minimum atomic E-state index is -4.46. The molecule has 1 amide bonds. The van der Waals surface area contributed by atoms with Crippen molar-refractivity contribution < 1.29 is 18.0 Å². The average molecular weight is 297 g/mol. The number of alkyl halides is 3. The van der Waals surface area contributed by atoms with Gasteiger partial charge in [-0.05, 0) is 5.92 Å². The third-order valence-corrected chi connectivity index (χ3v) is 2.76. The molecule has 0 saturated carbocycles. The Labute approximate surface area is 111 Å². The lowest BCUT2D eigenvalue weighted by atomic mass is 10.2. The van der Waals surface area contributed by atoms with Gasteiger partial charge < -0.3 is 4.90 Å². The second-order valence-corrected chi connectivity index (χ2v) is 5.24. The zero-order valence-electron chi connectivity index (χ0n) is 10.5. The Morgan fingerprint density at radius 1 is 1.53 bits per heavy atom. The lowest BCUT2D eigenvalue weighted by Crippen LogP contribution is -2.43. The molecule has 0 aliphatic rings. The molecule has 0 unspecified atom stereocenters. The Balaban J connectivity index is 2.77. The number of hydrogen-bond donors (Lipinski definition) is 0. The highest BCUT2D eigenvalue weighted by Gasteiger charge is 2.33. The predicted octanol–water partition coefficient (Wildman–Crippen LogP) is 1.35. The van der Waals surface area contributed by atoms with Crippen molar-refractivity contribution in [3.05, 3.63) is 15.2 Å². The Hall–Kier alpha value is -1.38. The molecule has 9 heteroatoms. The molecule has 0 spiro atoms. The van der Waals surface area contributed by atoms with Crippen LogP contribution in [0.2, 0.25) is 0 Å². The van der Waals surface area contributed by atoms with E-state index in [0.717, 1.165) is 16.0 Å². The van der Waals surface area contributed by atoms with Gasteiger partial charge in [0.15, 0.2) is 0 Å². The number of amides is 1. The number of hydrogen-bond acceptors (Lipinski definition) is 4. The highest BCUT2D eigenvalue weighted by atomic mass is 32.1. The summed E-state index contributed by atoms with van der Waals surface area (Å²) >= 11 is 0.788. The van der Waals surface area contributed by atoms with Crippen molar-refractivity contribution in [3.8, 4) is 0 Å². The average Bonchev–Trinajstić information content (AvgIpc) is 2.60. The van der Waals surface area contributed by atoms with Gasteiger partial charge in [0.25, 0.3) is 0 Å². The summed E-state index contributed by atoms with van der Waals surface area (Å²) < 4.78 is 38.1. The first-order valence-electron chi connectivity index (χ1n) is 5.54. The van der Waals surface area contributed by atoms with Gasteiger partial charge >= 0.3 is 11.0 Å². The van der Waals surface area contributed by atoms with Crippen LogP contribution in [0.15, 0.2) is 10.3 Å². The molecule has 1 aromatic rings. The minimum absolute atomic E-state index is 0.0166. The van der Waals surface area contributed by atoms with E-state index in [0.29, 0.717) is 4.90 Å². The van der Waals surface area contributed by atoms with Gasteiger partial charge in [-0.3, -0.25) is 9.59 Å². The summed E-state index contributed by atoms with van der Waals surface area (Å²) in [4.78, 5) is 23.3. The molecule has 19 heavy (non-hydrogen) atoms. The second kappa shape index (κ2) is 6.18. The summed E-state index contributed by atoms with van der Waals surface area (Å²) in [6.07, 6.45) is -4.46. The number of aromatic nitrogens is 2. The van der Waals surface area contributed by atoms with Crippen LogP contribution in [0.4, 0.5) is 13.2 Å². The summed E-state index contributed by atoms with van der Waals surface area (Å²) in [6.45, 7) is 1.63. The van der Waals surface area contributed by atoms with E-state index in [2.05, 4.69) is 5.10 Å². The first-order chi connectivity index (χ1) is 8.69. The van der Waals surface area contributed by atoms with E-state index in [1.54, 1.807) is 13.8 Å². The number of carbonyl (C=O) groups is 1. The topological polar surface area (TPSA) is 55.2 Å². The van der Waals surface area contributed by atoms with Gasteiger partial charge in [-0.2, -0.15) is 18.3 Å². The molecule has 0 atom stereocenters. The fourth-order valence-electron chi connectivity index (χ4n) is 1.48. The Morgan fingerprint density at radius 3 is 2.58 bits per heavy atom. The van der Waals surface area contributed by atoms with Crippen LogP contribution >= 0.6 is 11.3 Å². The van der Waals surface area contributed by atoms with Crippen molar-refractivity contribution in [2.24, 2.45) is 5.92 Å². The van der Waals surface area contributed by atoms with Crippen LogP contribution in [0.3, 0.4) is 0 Å². The number of carbonyl (C=O) groups excluding carboxylic acids is 1. The third kappa shape index (κ3) is 5.41. The number of rotatable bonds is 5. The van der Waals surface area contributed by atoms with Crippen molar-refractivity contribution in [1.29, 1.82) is 0 Å². The summed E-state index contributed by atoms with van der Waals surface area (Å²) in [5.41, 5.74) is 1.24. The molecular formula is C10H14F3N3O2S. The Morgan fingerprint density at radius 2 is 2.16 bits per heavy atom. The van der Waals surface area contributed by atoms with Crippen molar-refractivity contribution >= 4 is 17.2 Å². The van der Waals surface area contributed by atoms with Crippen LogP contribution in [0.25, 0.3) is 0 Å². The fraction of sp³-hybridized carbons (Fsp3) is 0.700. The lowest BCUT2D eigenvalue weighted by molar-refractivity contribution is -0.162. The van der Waals surface area contributed by atoms with E-state index in [1.165, 1.54) is 5.51 Å². The maximum Gasteiger partial charge on any atom is 0.406 e. The van der Waals surface area contributed by atoms with Gasteiger partial charge in [-0.15, -0.1) is 0 Å². The molecule has 0 fully saturated rings. The van der Waals surface area contributed by atoms with Gasteiger partial charge in [0.05, 0.1) is 0 Å². The van der Waals surface area contributed by atoms with Gasteiger partial charge in [-0.25, -0.2) is 4.68 Å². The summed E-state index contributed by atoms with van der Waals surface area (Å²) in [5.74, 6) is -0.863. The van der Waals surface area contributed by atoms with E-state index in [1.807, 2.05) is 0 Å². The first-order valence-corrected chi connectivity index (χ1v) is 6.42. The molecule has 0 radical (unpaired) electrons. The first kappa shape index (κ1) is 15.7. The summed E-state index contributed by atoms with van der Waals surface area (Å²) in [7, 11) is 0. The summed E-state index contributed by atoms with van der Waals surface area (Å²) in [6, 6.07) is 0. The van der Waals surface area contributed by atoms with Crippen LogP contribution in [0.1, 0.15) is 13.8 Å². The van der Waals surface area contributed by atoms with Crippen LogP contribution in [-0.2, 0) is 11.3 Å². The van der Waals surface area contributed by atoms with Crippen molar-refractivity contribution in [2.75, 3.05) is 13.1 Å². The van der Waals surface area contributed by atoms with Crippen LogP contribution in [0.5, 0.6) is 0 Å². The highest BCUT2D eigenvalue weighted by molar-refractivity contribution is 7.06. The monoisotopic (exact) mass is 297 g/mol. The lowest BCUT2D eigenvalue weighted by Gasteiger charge is -2.25. The van der Waals surface area contributed by atoms with Gasteiger partial charge in [0, 0.05) is 6.54 Å². The third-order valence-electron chi connectivity index (χ3n) is 2.14. The maximum absolute atomic E-state index is 12.4. The highest BCUT2D eigenvalue weighted by Crippen LogP contribution is 2.17. The van der Waals surface area contributed by atoms with Crippen molar-refractivity contribution in [1.82, 2.24) is 14.7 Å². The molecule has 0 aliphatic carbocycles. The molecule has 1 aromatic heterocycles. The van der Waals surface area contributed by atoms with Crippen LogP contribution in [0, 0.1) is 5.92 Å². The van der Waals surface area contributed by atoms with Crippen LogP contribution < -0.4 is 4.87 Å². The molecule has 1 heterocycles. The van der Waals surface area contributed by atoms with E-state index < -0.39 is 30.0 Å². The molecular weight excluding hydrogens is 283 g/mol. The summed E-state index contributed by atoms with van der Waals surface area (Å²) in [5, 5.41) is 3.61. The van der Waals surface area contributed by atoms with E-state index in [4.69, 9.17) is 0 Å². The van der Waals surface area contributed by atoms with E-state index in [-0.39, 0.29) is 12.5 Å². The molecule has 108 valence electrons. The quantitative estimate of drug-likeness (QED) is 0.824. The SMILES string of the molecule is CC(C)CN(CC(F)(F)F)C(=O)Cn1ncsc1=O. The molecule has 1 rings (SSSR count). The zero-order chi connectivity index (χ0) is 14.6. The smallest absolute Gasteiger partial charge is 0.332 e. The van der Waals surface area contributed by atoms with Gasteiger partial charge in [0.2, 0.25) is 5.91 Å². The molecule has 0 saturated heterocycles. The molecule has 0 aliphatic heterocycles. The molecule has 0 N–H and O–H groups in total. The predicted molar refractivity (Wildman–Crippen MR) is 63.8 cm³/mol. The van der Waals surface area contributed by atoms with E-state index in [9.17, 15) is 22.8 Å². The maximum atomic E-state index is 12.4. The second-order valence-electron chi connectivity index (χ2n) is 4.45. The van der Waals surface area contributed by atoms with Gasteiger partial charge in [-0.1, -0.05) is 25.2 Å².